The fraction of sp³-hybridized carbons (Fsp3) is 0.333. The summed E-state index contributed by atoms with van der Waals surface area (Å²) in [6, 6.07) is 0. The number of hydrogen-bond acceptors (Lipinski definition) is 1. The van der Waals surface area contributed by atoms with Crippen molar-refractivity contribution in [1.82, 2.24) is 0 Å². The molecule has 62 valence electrons. The van der Waals surface area contributed by atoms with Gasteiger partial charge in [-0.1, -0.05) is 61.1 Å². The highest BCUT2D eigenvalue weighted by Gasteiger charge is 2.35. The molecule has 1 aliphatic rings. The molecule has 0 aromatic carbocycles. The van der Waals surface area contributed by atoms with Gasteiger partial charge in [0.2, 0.25) is 0 Å². The Morgan fingerprint density at radius 2 is 2.18 bits per heavy atom. The number of hydrogen-bond donors (Lipinski definition) is 1. The van der Waals surface area contributed by atoms with Crippen LogP contribution in [0.1, 0.15) is 0 Å². The van der Waals surface area contributed by atoms with Crippen molar-refractivity contribution >= 4 is 55.1 Å². The number of halogens is 4. The van der Waals surface area contributed by atoms with Crippen molar-refractivity contribution in [2.75, 3.05) is 0 Å². The maximum Gasteiger partial charge on any atom is 0.143 e. The molecule has 0 saturated heterocycles. The molecule has 1 rings (SSSR count). The van der Waals surface area contributed by atoms with Gasteiger partial charge in [-0.15, -0.1) is 0 Å². The summed E-state index contributed by atoms with van der Waals surface area (Å²) in [6.45, 7) is 0. The minimum absolute atomic E-state index is 0.149. The molecule has 0 aromatic rings. The molecule has 0 amide bonds. The minimum Gasteiger partial charge on any atom is -0.307 e. The van der Waals surface area contributed by atoms with Crippen LogP contribution in [0.3, 0.4) is 0 Å². The van der Waals surface area contributed by atoms with Gasteiger partial charge in [0.1, 0.15) is 5.00 Å². The first-order valence-electron chi connectivity index (χ1n) is 2.81. The lowest BCUT2D eigenvalue weighted by atomic mass is 10.1. The smallest absolute Gasteiger partial charge is 0.143 e. The molecule has 1 nitrogen and oxygen atoms in total. The molecular weight excluding hydrogens is 317 g/mol. The van der Waals surface area contributed by atoms with Crippen LogP contribution in [0.2, 0.25) is 0 Å². The highest BCUT2D eigenvalue weighted by molar-refractivity contribution is 9.12. The third-order valence-electron chi connectivity index (χ3n) is 1.34. The maximum absolute atomic E-state index is 5.90. The molecule has 0 saturated carbocycles. The number of alkyl halides is 2. The van der Waals surface area contributed by atoms with Gasteiger partial charge in [0.05, 0.1) is 9.86 Å². The van der Waals surface area contributed by atoms with Gasteiger partial charge in [-0.05, 0) is 6.08 Å². The third kappa shape index (κ3) is 2.01. The molecule has 5 heteroatoms. The third-order valence-corrected chi connectivity index (χ3v) is 4.04. The molecule has 11 heavy (non-hydrogen) atoms. The molecule has 0 aliphatic heterocycles. The van der Waals surface area contributed by atoms with Crippen LogP contribution in [0.5, 0.6) is 0 Å². The Morgan fingerprint density at radius 1 is 1.64 bits per heavy atom. The van der Waals surface area contributed by atoms with E-state index in [-0.39, 0.29) is 4.83 Å². The summed E-state index contributed by atoms with van der Waals surface area (Å²) in [5.74, 6) is 0. The Bertz CT molecular complexity index is 235. The van der Waals surface area contributed by atoms with E-state index in [1.807, 2.05) is 6.08 Å². The summed E-state index contributed by atoms with van der Waals surface area (Å²) in [6.07, 6.45) is 3.53. The van der Waals surface area contributed by atoms with Crippen molar-refractivity contribution in [3.8, 4) is 0 Å². The molecule has 0 radical (unpaired) electrons. The molecule has 0 spiro atoms. The first-order valence-corrected chi connectivity index (χ1v) is 5.28. The highest BCUT2D eigenvalue weighted by Crippen LogP contribution is 2.37. The fourth-order valence-electron chi connectivity index (χ4n) is 0.673. The molecule has 0 heterocycles. The second kappa shape index (κ2) is 3.38. The van der Waals surface area contributed by atoms with Crippen LogP contribution in [0.4, 0.5) is 0 Å². The van der Waals surface area contributed by atoms with E-state index in [1.165, 1.54) is 0 Å². The van der Waals surface area contributed by atoms with Crippen LogP contribution >= 0.6 is 55.1 Å². The van der Waals surface area contributed by atoms with Crippen molar-refractivity contribution in [2.24, 2.45) is 5.73 Å². The lowest BCUT2D eigenvalue weighted by Crippen LogP contribution is -2.43. The summed E-state index contributed by atoms with van der Waals surface area (Å²) in [7, 11) is 0. The van der Waals surface area contributed by atoms with Gasteiger partial charge in [-0.3, -0.25) is 0 Å². The average molecular weight is 322 g/mol. The fourth-order valence-corrected chi connectivity index (χ4v) is 2.67. The van der Waals surface area contributed by atoms with Crippen molar-refractivity contribution < 1.29 is 0 Å². The van der Waals surface area contributed by atoms with Gasteiger partial charge < -0.3 is 5.73 Å². The summed E-state index contributed by atoms with van der Waals surface area (Å²) in [5.41, 5.74) is 5.68. The molecule has 0 aromatic heterocycles. The first kappa shape index (κ1) is 10.1. The predicted molar refractivity (Wildman–Crippen MR) is 56.4 cm³/mol. The molecule has 2 N–H and O–H groups in total. The van der Waals surface area contributed by atoms with E-state index in [0.717, 1.165) is 4.48 Å². The Morgan fingerprint density at radius 3 is 2.64 bits per heavy atom. The Hall–Kier alpha value is 0.980. The van der Waals surface area contributed by atoms with Gasteiger partial charge in [-0.25, -0.2) is 0 Å². The van der Waals surface area contributed by atoms with Gasteiger partial charge in [0.25, 0.3) is 0 Å². The van der Waals surface area contributed by atoms with Crippen molar-refractivity contribution in [3.63, 3.8) is 0 Å². The normalized spacial score (nSPS) is 38.1. The van der Waals surface area contributed by atoms with Gasteiger partial charge >= 0.3 is 0 Å². The molecule has 2 atom stereocenters. The number of nitrogens with two attached hydrogens (primary N) is 1. The maximum atomic E-state index is 5.90. The Balaban J connectivity index is 3.01. The summed E-state index contributed by atoms with van der Waals surface area (Å²) in [5, 5.41) is 0.426. The molecular formula is C6H5Br2Cl2N. The highest BCUT2D eigenvalue weighted by atomic mass is 79.9. The summed E-state index contributed by atoms with van der Waals surface area (Å²) in [4.78, 5) is -1.16. The van der Waals surface area contributed by atoms with Gasteiger partial charge in [-0.2, -0.15) is 0 Å². The summed E-state index contributed by atoms with van der Waals surface area (Å²) < 4.78 is 0.881. The predicted octanol–water partition coefficient (Wildman–Crippen LogP) is 3.06. The second-order valence-corrected chi connectivity index (χ2v) is 5.15. The van der Waals surface area contributed by atoms with Crippen LogP contribution < -0.4 is 5.73 Å². The van der Waals surface area contributed by atoms with E-state index >= 15 is 0 Å². The lowest BCUT2D eigenvalue weighted by Gasteiger charge is -2.28. The van der Waals surface area contributed by atoms with Gasteiger partial charge in [0.15, 0.2) is 0 Å². The van der Waals surface area contributed by atoms with Crippen molar-refractivity contribution in [1.29, 1.82) is 0 Å². The van der Waals surface area contributed by atoms with E-state index in [9.17, 15) is 0 Å². The van der Waals surface area contributed by atoms with Crippen LogP contribution in [0.15, 0.2) is 21.7 Å². The van der Waals surface area contributed by atoms with Crippen LogP contribution in [-0.2, 0) is 0 Å². The van der Waals surface area contributed by atoms with E-state index in [0.29, 0.717) is 5.03 Å². The van der Waals surface area contributed by atoms with Crippen molar-refractivity contribution in [3.05, 3.63) is 21.7 Å². The topological polar surface area (TPSA) is 26.0 Å². The SMILES string of the molecule is NC1(Cl)C(Cl)=CC(Br)=CC1Br. The monoisotopic (exact) mass is 319 g/mol. The molecule has 1 aliphatic carbocycles. The largest absolute Gasteiger partial charge is 0.307 e. The number of allylic oxidation sites excluding steroid dienone is 2. The molecule has 0 bridgehead atoms. The zero-order valence-electron chi connectivity index (χ0n) is 5.32. The Labute approximate surface area is 91.9 Å². The molecule has 0 fully saturated rings. The lowest BCUT2D eigenvalue weighted by molar-refractivity contribution is 0.750. The van der Waals surface area contributed by atoms with Crippen LogP contribution in [-0.4, -0.2) is 9.83 Å². The Kier molecular flexibility index (Phi) is 3.09. The van der Waals surface area contributed by atoms with Crippen molar-refractivity contribution in [2.45, 2.75) is 9.83 Å². The van der Waals surface area contributed by atoms with Crippen LogP contribution in [0.25, 0.3) is 0 Å². The van der Waals surface area contributed by atoms with E-state index < -0.39 is 5.00 Å². The van der Waals surface area contributed by atoms with Crippen LogP contribution in [0, 0.1) is 0 Å². The summed E-state index contributed by atoms with van der Waals surface area (Å²) >= 11 is 18.3. The minimum atomic E-state index is -1.02. The van der Waals surface area contributed by atoms with Gasteiger partial charge in [0, 0.05) is 4.48 Å². The van der Waals surface area contributed by atoms with E-state index in [1.54, 1.807) is 6.08 Å². The second-order valence-electron chi connectivity index (χ2n) is 2.21. The quantitative estimate of drug-likeness (QED) is 0.538. The standard InChI is InChI=1S/C6H5Br2Cl2N/c7-3-1-4(8)6(10,11)5(9)2-3/h1-2,4H,11H2. The average Bonchev–Trinajstić information content (AvgIpc) is 1.84. The van der Waals surface area contributed by atoms with E-state index in [2.05, 4.69) is 31.9 Å². The number of rotatable bonds is 0. The zero-order valence-corrected chi connectivity index (χ0v) is 10.0. The van der Waals surface area contributed by atoms with E-state index in [4.69, 9.17) is 28.9 Å². The zero-order chi connectivity index (χ0) is 8.65. The molecule has 2 unspecified atom stereocenters. The first-order chi connectivity index (χ1) is 4.94.